The summed E-state index contributed by atoms with van der Waals surface area (Å²) in [5, 5.41) is 13.8. The lowest BCUT2D eigenvalue weighted by Gasteiger charge is -2.31. The van der Waals surface area contributed by atoms with Crippen LogP contribution in [0.2, 0.25) is 0 Å². The van der Waals surface area contributed by atoms with Gasteiger partial charge in [-0.25, -0.2) is 13.2 Å². The lowest BCUT2D eigenvalue weighted by molar-refractivity contribution is -0.160. The highest BCUT2D eigenvalue weighted by atomic mass is 32.2. The third-order valence-electron chi connectivity index (χ3n) is 7.58. The normalized spacial score (nSPS) is 15.2. The number of hydrogen-bond donors (Lipinski definition) is 3. The molecule has 10 nitrogen and oxygen atoms in total. The van der Waals surface area contributed by atoms with Crippen LogP contribution >= 0.6 is 0 Å². The summed E-state index contributed by atoms with van der Waals surface area (Å²) >= 11 is 0. The number of fused-ring (bicyclic) bond motifs is 2. The maximum Gasteiger partial charge on any atom is 0.337 e. The van der Waals surface area contributed by atoms with Gasteiger partial charge in [-0.05, 0) is 80.1 Å². The Morgan fingerprint density at radius 2 is 1.72 bits per heavy atom. The number of carbonyl (C=O) groups excluding carboxylic acids is 1. The summed E-state index contributed by atoms with van der Waals surface area (Å²) in [4.78, 5) is 28.9. The quantitative estimate of drug-likeness (QED) is 0.332. The molecule has 0 fully saturated rings. The van der Waals surface area contributed by atoms with Crippen molar-refractivity contribution in [2.24, 2.45) is 0 Å². The predicted octanol–water partition coefficient (Wildman–Crippen LogP) is 5.24. The minimum absolute atomic E-state index is 0.0443. The molecule has 228 valence electrons. The molecular weight excluding hydrogens is 570 g/mol. The van der Waals surface area contributed by atoms with Crippen LogP contribution in [0, 0.1) is 13.8 Å². The summed E-state index contributed by atoms with van der Waals surface area (Å²) in [7, 11) is -3.87. The average Bonchev–Trinajstić information content (AvgIpc) is 3.36. The van der Waals surface area contributed by atoms with Crippen LogP contribution in [0.25, 0.3) is 11.1 Å². The number of hydrogen-bond acceptors (Lipinski definition) is 7. The molecule has 1 amide bonds. The summed E-state index contributed by atoms with van der Waals surface area (Å²) in [6.45, 7) is 10.5. The summed E-state index contributed by atoms with van der Waals surface area (Å²) in [5.41, 5.74) is 4.25. The van der Waals surface area contributed by atoms with E-state index in [1.54, 1.807) is 45.6 Å². The standard InChI is InChI=1S/C32H37N3O7S/c1-18-25(20-11-12-24-23(15-20)33-13-14-41-24)26(29(31(37)38)42-32(3,4)5)19(2)28(34-43(6,39)40)27(18)30(36)35-16-21-9-7-8-10-22(21)17-35/h7-12,15,29,33-34H,13-14,16-17H2,1-6H3,(H,37,38). The van der Waals surface area contributed by atoms with Gasteiger partial charge in [0.1, 0.15) is 12.4 Å². The van der Waals surface area contributed by atoms with Gasteiger partial charge in [0.05, 0.1) is 28.8 Å². The van der Waals surface area contributed by atoms with Gasteiger partial charge in [0, 0.05) is 25.2 Å². The number of benzene rings is 3. The third-order valence-corrected chi connectivity index (χ3v) is 8.15. The zero-order chi connectivity index (χ0) is 31.3. The Balaban J connectivity index is 1.81. The van der Waals surface area contributed by atoms with Gasteiger partial charge in [0.2, 0.25) is 10.0 Å². The van der Waals surface area contributed by atoms with Crippen molar-refractivity contribution in [1.82, 2.24) is 4.90 Å². The molecule has 0 saturated carbocycles. The van der Waals surface area contributed by atoms with Gasteiger partial charge in [-0.15, -0.1) is 0 Å². The van der Waals surface area contributed by atoms with Crippen LogP contribution in [0.4, 0.5) is 11.4 Å². The molecule has 2 aliphatic rings. The SMILES string of the molecule is Cc1c(C(=O)N2Cc3ccccc3C2)c(NS(C)(=O)=O)c(C)c(C(OC(C)(C)C)C(=O)O)c1-c1ccc2c(c1)NCCO2. The Morgan fingerprint density at radius 1 is 1.07 bits per heavy atom. The van der Waals surface area contributed by atoms with Crippen molar-refractivity contribution >= 4 is 33.3 Å². The second-order valence-corrected chi connectivity index (χ2v) is 13.8. The highest BCUT2D eigenvalue weighted by Gasteiger charge is 2.37. The fourth-order valence-electron chi connectivity index (χ4n) is 5.82. The maximum absolute atomic E-state index is 14.4. The van der Waals surface area contributed by atoms with E-state index in [1.807, 2.05) is 36.4 Å². The number of anilines is 2. The zero-order valence-electron chi connectivity index (χ0n) is 25.2. The largest absolute Gasteiger partial charge is 0.490 e. The van der Waals surface area contributed by atoms with Crippen molar-refractivity contribution in [3.8, 4) is 16.9 Å². The van der Waals surface area contributed by atoms with E-state index in [4.69, 9.17) is 9.47 Å². The van der Waals surface area contributed by atoms with E-state index < -0.39 is 27.7 Å². The predicted molar refractivity (Wildman–Crippen MR) is 165 cm³/mol. The van der Waals surface area contributed by atoms with Gasteiger partial charge in [0.25, 0.3) is 5.91 Å². The molecule has 0 bridgehead atoms. The number of carboxylic acids is 1. The highest BCUT2D eigenvalue weighted by Crippen LogP contribution is 2.45. The van der Waals surface area contributed by atoms with Crippen LogP contribution in [0.3, 0.4) is 0 Å². The first kappa shape index (κ1) is 30.4. The fraction of sp³-hybridized carbons (Fsp3) is 0.375. The first-order valence-electron chi connectivity index (χ1n) is 14.1. The van der Waals surface area contributed by atoms with Crippen LogP contribution in [0.1, 0.15) is 65.1 Å². The number of amides is 1. The van der Waals surface area contributed by atoms with Crippen molar-refractivity contribution in [3.63, 3.8) is 0 Å². The molecule has 1 atom stereocenters. The van der Waals surface area contributed by atoms with Crippen molar-refractivity contribution in [3.05, 3.63) is 75.8 Å². The van der Waals surface area contributed by atoms with E-state index in [0.29, 0.717) is 54.2 Å². The molecule has 0 aliphatic carbocycles. The second kappa shape index (κ2) is 11.2. The van der Waals surface area contributed by atoms with E-state index >= 15 is 0 Å². The molecular formula is C32H37N3O7S. The minimum atomic E-state index is -3.87. The lowest BCUT2D eigenvalue weighted by Crippen LogP contribution is -2.31. The minimum Gasteiger partial charge on any atom is -0.490 e. The molecule has 0 spiro atoms. The van der Waals surface area contributed by atoms with E-state index in [-0.39, 0.29) is 22.7 Å². The molecule has 5 rings (SSSR count). The molecule has 3 aromatic carbocycles. The van der Waals surface area contributed by atoms with Crippen molar-refractivity contribution in [2.75, 3.05) is 29.4 Å². The molecule has 0 saturated heterocycles. The van der Waals surface area contributed by atoms with Gasteiger partial charge in [-0.2, -0.15) is 0 Å². The second-order valence-electron chi connectivity index (χ2n) is 12.0. The van der Waals surface area contributed by atoms with E-state index in [9.17, 15) is 23.1 Å². The molecule has 3 aromatic rings. The number of nitrogens with zero attached hydrogens (tertiary/aromatic N) is 1. The Labute approximate surface area is 252 Å². The maximum atomic E-state index is 14.4. The number of rotatable bonds is 7. The van der Waals surface area contributed by atoms with Crippen molar-refractivity contribution in [2.45, 2.75) is 59.4 Å². The Morgan fingerprint density at radius 3 is 2.30 bits per heavy atom. The first-order chi connectivity index (χ1) is 20.1. The first-order valence-corrected chi connectivity index (χ1v) is 16.0. The number of aliphatic carboxylic acids is 1. The molecule has 2 heterocycles. The van der Waals surface area contributed by atoms with Crippen LogP contribution in [-0.2, 0) is 32.6 Å². The molecule has 43 heavy (non-hydrogen) atoms. The summed E-state index contributed by atoms with van der Waals surface area (Å²) < 4.78 is 39.8. The number of carboxylic acid groups (broad SMARTS) is 1. The Bertz CT molecular complexity index is 1700. The van der Waals surface area contributed by atoms with E-state index in [2.05, 4.69) is 10.0 Å². The lowest BCUT2D eigenvalue weighted by atomic mass is 9.83. The van der Waals surface area contributed by atoms with Crippen LogP contribution < -0.4 is 14.8 Å². The number of ether oxygens (including phenoxy) is 2. The molecule has 1 unspecified atom stereocenters. The smallest absolute Gasteiger partial charge is 0.337 e. The fourth-order valence-corrected chi connectivity index (χ4v) is 6.45. The monoisotopic (exact) mass is 607 g/mol. The molecule has 2 aliphatic heterocycles. The van der Waals surface area contributed by atoms with Crippen LogP contribution in [0.5, 0.6) is 5.75 Å². The van der Waals surface area contributed by atoms with Gasteiger partial charge in [-0.3, -0.25) is 9.52 Å². The van der Waals surface area contributed by atoms with E-state index in [1.165, 1.54) is 0 Å². The van der Waals surface area contributed by atoms with Gasteiger partial charge < -0.3 is 24.8 Å². The van der Waals surface area contributed by atoms with Gasteiger partial charge in [0.15, 0.2) is 6.10 Å². The van der Waals surface area contributed by atoms with Crippen LogP contribution in [-0.4, -0.2) is 55.3 Å². The topological polar surface area (TPSA) is 134 Å². The number of carbonyl (C=O) groups is 2. The summed E-state index contributed by atoms with van der Waals surface area (Å²) in [6.07, 6.45) is -0.459. The Hall–Kier alpha value is -4.09. The average molecular weight is 608 g/mol. The zero-order valence-corrected chi connectivity index (χ0v) is 26.0. The van der Waals surface area contributed by atoms with Crippen molar-refractivity contribution < 1.29 is 32.6 Å². The molecule has 0 aromatic heterocycles. The van der Waals surface area contributed by atoms with Crippen LogP contribution in [0.15, 0.2) is 42.5 Å². The summed E-state index contributed by atoms with van der Waals surface area (Å²) in [5.74, 6) is -0.940. The third kappa shape index (κ3) is 6.18. The Kier molecular flexibility index (Phi) is 7.91. The van der Waals surface area contributed by atoms with Gasteiger partial charge >= 0.3 is 5.97 Å². The molecule has 0 radical (unpaired) electrons. The molecule has 3 N–H and O–H groups in total. The summed E-state index contributed by atoms with van der Waals surface area (Å²) in [6, 6.07) is 13.2. The van der Waals surface area contributed by atoms with Crippen molar-refractivity contribution in [1.29, 1.82) is 0 Å². The van der Waals surface area contributed by atoms with Gasteiger partial charge in [-0.1, -0.05) is 30.3 Å². The number of nitrogens with one attached hydrogen (secondary N) is 2. The number of sulfonamides is 1. The highest BCUT2D eigenvalue weighted by molar-refractivity contribution is 7.92. The molecule has 11 heteroatoms. The van der Waals surface area contributed by atoms with E-state index in [0.717, 1.165) is 23.1 Å².